The van der Waals surface area contributed by atoms with Gasteiger partial charge < -0.3 is 9.84 Å². The molecule has 1 aromatic rings. The summed E-state index contributed by atoms with van der Waals surface area (Å²) in [6.45, 7) is 4.87. The van der Waals surface area contributed by atoms with Crippen molar-refractivity contribution < 1.29 is 23.4 Å². The second-order valence-corrected chi connectivity index (χ2v) is 4.80. The second-order valence-electron chi connectivity index (χ2n) is 4.80. The highest BCUT2D eigenvalue weighted by atomic mass is 19.2. The van der Waals surface area contributed by atoms with Crippen molar-refractivity contribution in [2.45, 2.75) is 32.4 Å². The summed E-state index contributed by atoms with van der Waals surface area (Å²) >= 11 is 0. The average molecular weight is 273 g/mol. The summed E-state index contributed by atoms with van der Waals surface area (Å²) in [6.07, 6.45) is 0. The zero-order chi connectivity index (χ0) is 14.6. The van der Waals surface area contributed by atoms with E-state index >= 15 is 0 Å². The minimum atomic E-state index is -1.31. The molecule has 0 radical (unpaired) electrons. The van der Waals surface area contributed by atoms with Crippen LogP contribution in [0.1, 0.15) is 20.8 Å². The lowest BCUT2D eigenvalue weighted by Gasteiger charge is -2.28. The monoisotopic (exact) mass is 273 g/mol. The number of hydrogen-bond acceptors (Lipinski definition) is 3. The molecule has 19 heavy (non-hydrogen) atoms. The summed E-state index contributed by atoms with van der Waals surface area (Å²) in [7, 11) is 0. The Morgan fingerprint density at radius 3 is 2.53 bits per heavy atom. The summed E-state index contributed by atoms with van der Waals surface area (Å²) < 4.78 is 30.9. The van der Waals surface area contributed by atoms with Gasteiger partial charge in [-0.1, -0.05) is 0 Å². The lowest BCUT2D eigenvalue weighted by molar-refractivity contribution is -0.145. The molecule has 0 amide bonds. The molecule has 0 aliphatic heterocycles. The molecule has 0 saturated heterocycles. The Kier molecular flexibility index (Phi) is 4.83. The van der Waals surface area contributed by atoms with Gasteiger partial charge in [-0.05, 0) is 32.9 Å². The molecule has 0 aliphatic rings. The zero-order valence-corrected chi connectivity index (χ0v) is 11.0. The van der Waals surface area contributed by atoms with E-state index in [4.69, 9.17) is 4.74 Å². The van der Waals surface area contributed by atoms with Crippen LogP contribution in [0.15, 0.2) is 18.2 Å². The largest absolute Gasteiger partial charge is 0.491 e. The highest BCUT2D eigenvalue weighted by Gasteiger charge is 2.34. The standard InChI is InChI=1S/C13H17F2NO3/c1-8(2)16-13(3,12(17)18)7-19-9-4-5-10(14)11(15)6-9/h4-6,8,16H,7H2,1-3H3,(H,17,18). The van der Waals surface area contributed by atoms with E-state index in [9.17, 15) is 18.7 Å². The molecule has 2 N–H and O–H groups in total. The quantitative estimate of drug-likeness (QED) is 0.834. The van der Waals surface area contributed by atoms with Crippen molar-refractivity contribution in [2.75, 3.05) is 6.61 Å². The fourth-order valence-corrected chi connectivity index (χ4v) is 1.60. The number of ether oxygens (including phenoxy) is 1. The van der Waals surface area contributed by atoms with E-state index in [0.29, 0.717) is 0 Å². The van der Waals surface area contributed by atoms with Crippen LogP contribution in [0.3, 0.4) is 0 Å². The second kappa shape index (κ2) is 5.97. The summed E-state index contributed by atoms with van der Waals surface area (Å²) in [6, 6.07) is 3.00. The van der Waals surface area contributed by atoms with Gasteiger partial charge in [0.25, 0.3) is 0 Å². The predicted molar refractivity (Wildman–Crippen MR) is 66.2 cm³/mol. The number of carboxylic acids is 1. The SMILES string of the molecule is CC(C)NC(C)(COc1ccc(F)c(F)c1)C(=O)O. The van der Waals surface area contributed by atoms with Crippen LogP contribution in [0.2, 0.25) is 0 Å². The van der Waals surface area contributed by atoms with Gasteiger partial charge in [0.15, 0.2) is 11.6 Å². The Hall–Kier alpha value is -1.69. The Bertz CT molecular complexity index is 465. The molecule has 0 heterocycles. The lowest BCUT2D eigenvalue weighted by atomic mass is 10.0. The molecule has 0 fully saturated rings. The summed E-state index contributed by atoms with van der Waals surface area (Å²) in [5, 5.41) is 12.0. The van der Waals surface area contributed by atoms with Gasteiger partial charge in [-0.2, -0.15) is 0 Å². The van der Waals surface area contributed by atoms with Crippen molar-refractivity contribution in [1.29, 1.82) is 0 Å². The maximum absolute atomic E-state index is 13.0. The third-order valence-electron chi connectivity index (χ3n) is 2.50. The van der Waals surface area contributed by atoms with Gasteiger partial charge in [0, 0.05) is 12.1 Å². The third-order valence-corrected chi connectivity index (χ3v) is 2.50. The van der Waals surface area contributed by atoms with Crippen LogP contribution in [0.25, 0.3) is 0 Å². The molecule has 1 unspecified atom stereocenters. The molecule has 4 nitrogen and oxygen atoms in total. The number of hydrogen-bond donors (Lipinski definition) is 2. The van der Waals surface area contributed by atoms with Gasteiger partial charge in [0.05, 0.1) is 0 Å². The Morgan fingerprint density at radius 2 is 2.05 bits per heavy atom. The molecule has 0 aromatic heterocycles. The van der Waals surface area contributed by atoms with Crippen molar-refractivity contribution in [3.63, 3.8) is 0 Å². The smallest absolute Gasteiger partial charge is 0.327 e. The van der Waals surface area contributed by atoms with Gasteiger partial charge in [-0.3, -0.25) is 10.1 Å². The van der Waals surface area contributed by atoms with Crippen molar-refractivity contribution in [2.24, 2.45) is 0 Å². The zero-order valence-electron chi connectivity index (χ0n) is 11.0. The molecule has 1 atom stereocenters. The maximum atomic E-state index is 13.0. The maximum Gasteiger partial charge on any atom is 0.327 e. The molecule has 0 aliphatic carbocycles. The van der Waals surface area contributed by atoms with E-state index in [1.54, 1.807) is 13.8 Å². The van der Waals surface area contributed by atoms with E-state index < -0.39 is 23.1 Å². The van der Waals surface area contributed by atoms with Crippen LogP contribution in [-0.4, -0.2) is 29.3 Å². The number of benzene rings is 1. The van der Waals surface area contributed by atoms with Gasteiger partial charge in [0.1, 0.15) is 17.9 Å². The Morgan fingerprint density at radius 1 is 1.42 bits per heavy atom. The number of carboxylic acid groups (broad SMARTS) is 1. The third kappa shape index (κ3) is 4.17. The number of nitrogens with one attached hydrogen (secondary N) is 1. The van der Waals surface area contributed by atoms with Crippen LogP contribution < -0.4 is 10.1 Å². The normalized spacial score (nSPS) is 14.2. The van der Waals surface area contributed by atoms with E-state index in [2.05, 4.69) is 5.32 Å². The molecule has 0 spiro atoms. The van der Waals surface area contributed by atoms with Crippen molar-refractivity contribution in [3.8, 4) is 5.75 Å². The first-order valence-electron chi connectivity index (χ1n) is 5.83. The Balaban J connectivity index is 2.76. The first-order chi connectivity index (χ1) is 8.74. The van der Waals surface area contributed by atoms with Crippen LogP contribution in [0, 0.1) is 11.6 Å². The van der Waals surface area contributed by atoms with Gasteiger partial charge in [-0.15, -0.1) is 0 Å². The van der Waals surface area contributed by atoms with Crippen molar-refractivity contribution in [1.82, 2.24) is 5.32 Å². The fraction of sp³-hybridized carbons (Fsp3) is 0.462. The van der Waals surface area contributed by atoms with E-state index in [1.807, 2.05) is 0 Å². The molecule has 106 valence electrons. The molecule has 1 aromatic carbocycles. The Labute approximate surface area is 110 Å². The van der Waals surface area contributed by atoms with E-state index in [1.165, 1.54) is 13.0 Å². The van der Waals surface area contributed by atoms with Crippen LogP contribution in [-0.2, 0) is 4.79 Å². The van der Waals surface area contributed by atoms with Gasteiger partial charge in [0.2, 0.25) is 0 Å². The number of halogens is 2. The van der Waals surface area contributed by atoms with E-state index in [-0.39, 0.29) is 18.4 Å². The average Bonchev–Trinajstić information content (AvgIpc) is 2.29. The van der Waals surface area contributed by atoms with E-state index in [0.717, 1.165) is 12.1 Å². The summed E-state index contributed by atoms with van der Waals surface area (Å²) in [4.78, 5) is 11.2. The van der Waals surface area contributed by atoms with Gasteiger partial charge >= 0.3 is 5.97 Å². The van der Waals surface area contributed by atoms with Crippen LogP contribution in [0.4, 0.5) is 8.78 Å². The summed E-state index contributed by atoms with van der Waals surface area (Å²) in [5.74, 6) is -3.01. The highest BCUT2D eigenvalue weighted by Crippen LogP contribution is 2.17. The van der Waals surface area contributed by atoms with Crippen LogP contribution in [0.5, 0.6) is 5.75 Å². The molecule has 1 rings (SSSR count). The van der Waals surface area contributed by atoms with Crippen LogP contribution >= 0.6 is 0 Å². The van der Waals surface area contributed by atoms with Gasteiger partial charge in [-0.25, -0.2) is 8.78 Å². The number of carbonyl (C=O) groups is 1. The minimum absolute atomic E-state index is 0.0605. The molecule has 6 heteroatoms. The molecule has 0 saturated carbocycles. The minimum Gasteiger partial charge on any atom is -0.491 e. The first kappa shape index (κ1) is 15.4. The fourth-order valence-electron chi connectivity index (χ4n) is 1.60. The predicted octanol–water partition coefficient (Wildman–Crippen LogP) is 2.18. The topological polar surface area (TPSA) is 58.6 Å². The first-order valence-corrected chi connectivity index (χ1v) is 5.83. The van der Waals surface area contributed by atoms with Crippen molar-refractivity contribution >= 4 is 5.97 Å². The highest BCUT2D eigenvalue weighted by molar-refractivity contribution is 5.78. The molecular formula is C13H17F2NO3. The molecular weight excluding hydrogens is 256 g/mol. The van der Waals surface area contributed by atoms with Crippen molar-refractivity contribution in [3.05, 3.63) is 29.8 Å². The number of rotatable bonds is 6. The molecule has 0 bridgehead atoms. The number of aliphatic carboxylic acids is 1. The summed E-state index contributed by atoms with van der Waals surface area (Å²) in [5.41, 5.74) is -1.31. The lowest BCUT2D eigenvalue weighted by Crippen LogP contribution is -2.56.